The van der Waals surface area contributed by atoms with E-state index in [1.54, 1.807) is 6.08 Å². The zero-order chi connectivity index (χ0) is 13.0. The fourth-order valence-corrected chi connectivity index (χ4v) is 1.62. The van der Waals surface area contributed by atoms with Gasteiger partial charge in [-0.25, -0.2) is 0 Å². The highest BCUT2D eigenvalue weighted by molar-refractivity contribution is 5.81. The second kappa shape index (κ2) is 5.48. The van der Waals surface area contributed by atoms with Gasteiger partial charge in [-0.1, -0.05) is 19.9 Å². The van der Waals surface area contributed by atoms with E-state index in [1.807, 2.05) is 34.6 Å². The van der Waals surface area contributed by atoms with Gasteiger partial charge in [-0.15, -0.1) is 6.58 Å². The Kier molecular flexibility index (Phi) is 5.20. The summed E-state index contributed by atoms with van der Waals surface area (Å²) in [6.07, 6.45) is 2.72. The lowest BCUT2D eigenvalue weighted by Gasteiger charge is -2.31. The maximum Gasteiger partial charge on any atom is 0.326 e. The standard InChI is InChI=1S/C13H25NO2/c1-7-8-13(14,9-10(2)3)11(15)16-12(4,5)6/h7,10H,1,8-9,14H2,2-6H3. The summed E-state index contributed by atoms with van der Waals surface area (Å²) < 4.78 is 5.34. The Morgan fingerprint density at radius 2 is 1.94 bits per heavy atom. The zero-order valence-electron chi connectivity index (χ0n) is 11.2. The smallest absolute Gasteiger partial charge is 0.326 e. The van der Waals surface area contributed by atoms with Crippen molar-refractivity contribution >= 4 is 5.97 Å². The average molecular weight is 227 g/mol. The lowest BCUT2D eigenvalue weighted by Crippen LogP contribution is -2.51. The molecule has 16 heavy (non-hydrogen) atoms. The summed E-state index contributed by atoms with van der Waals surface area (Å²) in [6, 6.07) is 0. The molecule has 1 atom stereocenters. The Balaban J connectivity index is 4.76. The number of hydrogen-bond acceptors (Lipinski definition) is 3. The first-order valence-electron chi connectivity index (χ1n) is 5.74. The molecule has 0 saturated heterocycles. The molecule has 1 unspecified atom stereocenters. The SMILES string of the molecule is C=CCC(N)(CC(C)C)C(=O)OC(C)(C)C. The normalized spacial score (nSPS) is 15.7. The summed E-state index contributed by atoms with van der Waals surface area (Å²) in [5.41, 5.74) is 4.67. The van der Waals surface area contributed by atoms with Crippen LogP contribution < -0.4 is 5.73 Å². The molecule has 0 aliphatic rings. The molecular formula is C13H25NO2. The number of rotatable bonds is 5. The van der Waals surface area contributed by atoms with Gasteiger partial charge in [0.15, 0.2) is 0 Å². The molecule has 0 saturated carbocycles. The number of hydrogen-bond donors (Lipinski definition) is 1. The van der Waals surface area contributed by atoms with Gasteiger partial charge in [0.05, 0.1) is 0 Å². The molecule has 0 radical (unpaired) electrons. The highest BCUT2D eigenvalue weighted by atomic mass is 16.6. The van der Waals surface area contributed by atoms with E-state index in [4.69, 9.17) is 10.5 Å². The molecule has 0 heterocycles. The Bertz CT molecular complexity index is 253. The molecule has 0 spiro atoms. The first kappa shape index (κ1) is 15.2. The molecule has 0 amide bonds. The van der Waals surface area contributed by atoms with Gasteiger partial charge in [0.25, 0.3) is 0 Å². The van der Waals surface area contributed by atoms with Gasteiger partial charge < -0.3 is 10.5 Å². The number of carbonyl (C=O) groups is 1. The molecule has 0 aromatic heterocycles. The van der Waals surface area contributed by atoms with Gasteiger partial charge in [0, 0.05) is 0 Å². The van der Waals surface area contributed by atoms with Crippen molar-refractivity contribution in [3.63, 3.8) is 0 Å². The van der Waals surface area contributed by atoms with Crippen LogP contribution in [0, 0.1) is 5.92 Å². The van der Waals surface area contributed by atoms with Gasteiger partial charge in [0.2, 0.25) is 0 Å². The monoisotopic (exact) mass is 227 g/mol. The van der Waals surface area contributed by atoms with Crippen LogP contribution in [0.3, 0.4) is 0 Å². The minimum Gasteiger partial charge on any atom is -0.459 e. The summed E-state index contributed by atoms with van der Waals surface area (Å²) in [7, 11) is 0. The predicted octanol–water partition coefficient (Wildman–Crippen LogP) is 2.65. The van der Waals surface area contributed by atoms with Crippen LogP contribution in [0.15, 0.2) is 12.7 Å². The number of esters is 1. The number of ether oxygens (including phenoxy) is 1. The Morgan fingerprint density at radius 1 is 1.44 bits per heavy atom. The van der Waals surface area contributed by atoms with Crippen LogP contribution in [-0.2, 0) is 9.53 Å². The van der Waals surface area contributed by atoms with E-state index in [0.29, 0.717) is 18.8 Å². The molecule has 0 aromatic carbocycles. The highest BCUT2D eigenvalue weighted by Crippen LogP contribution is 2.23. The summed E-state index contributed by atoms with van der Waals surface area (Å²) in [5.74, 6) is 0.00562. The van der Waals surface area contributed by atoms with Crippen LogP contribution in [0.1, 0.15) is 47.5 Å². The third-order valence-corrected chi connectivity index (χ3v) is 2.09. The summed E-state index contributed by atoms with van der Waals surface area (Å²) in [6.45, 7) is 13.2. The predicted molar refractivity (Wildman–Crippen MR) is 67.0 cm³/mol. The number of carbonyl (C=O) groups excluding carboxylic acids is 1. The maximum absolute atomic E-state index is 12.0. The van der Waals surface area contributed by atoms with Crippen LogP contribution >= 0.6 is 0 Å². The largest absolute Gasteiger partial charge is 0.459 e. The highest BCUT2D eigenvalue weighted by Gasteiger charge is 2.37. The Hall–Kier alpha value is -0.830. The Morgan fingerprint density at radius 3 is 2.25 bits per heavy atom. The minimum atomic E-state index is -0.941. The van der Waals surface area contributed by atoms with Gasteiger partial charge in [-0.3, -0.25) is 4.79 Å². The fraction of sp³-hybridized carbons (Fsp3) is 0.769. The topological polar surface area (TPSA) is 52.3 Å². The van der Waals surface area contributed by atoms with E-state index in [9.17, 15) is 4.79 Å². The third-order valence-electron chi connectivity index (χ3n) is 2.09. The first-order chi connectivity index (χ1) is 7.10. The second-order valence-electron chi connectivity index (χ2n) is 5.75. The van der Waals surface area contributed by atoms with Crippen LogP contribution in [0.25, 0.3) is 0 Å². The quantitative estimate of drug-likeness (QED) is 0.580. The second-order valence-corrected chi connectivity index (χ2v) is 5.75. The first-order valence-corrected chi connectivity index (χ1v) is 5.74. The van der Waals surface area contributed by atoms with Crippen molar-refractivity contribution in [1.82, 2.24) is 0 Å². The van der Waals surface area contributed by atoms with E-state index >= 15 is 0 Å². The lowest BCUT2D eigenvalue weighted by molar-refractivity contribution is -0.162. The minimum absolute atomic E-state index is 0.339. The maximum atomic E-state index is 12.0. The van der Waals surface area contributed by atoms with Crippen molar-refractivity contribution in [1.29, 1.82) is 0 Å². The van der Waals surface area contributed by atoms with Crippen LogP contribution in [0.2, 0.25) is 0 Å². The van der Waals surface area contributed by atoms with Gasteiger partial charge in [0.1, 0.15) is 11.1 Å². The molecule has 0 aliphatic carbocycles. The van der Waals surface area contributed by atoms with Crippen molar-refractivity contribution in [2.75, 3.05) is 0 Å². The fourth-order valence-electron chi connectivity index (χ4n) is 1.62. The van der Waals surface area contributed by atoms with Crippen molar-refractivity contribution in [2.24, 2.45) is 11.7 Å². The van der Waals surface area contributed by atoms with E-state index in [2.05, 4.69) is 6.58 Å². The molecule has 94 valence electrons. The Labute approximate surface area is 99.0 Å². The van der Waals surface area contributed by atoms with Crippen LogP contribution in [-0.4, -0.2) is 17.1 Å². The van der Waals surface area contributed by atoms with E-state index in [-0.39, 0.29) is 5.97 Å². The van der Waals surface area contributed by atoms with Crippen molar-refractivity contribution < 1.29 is 9.53 Å². The molecule has 0 bridgehead atoms. The van der Waals surface area contributed by atoms with Crippen molar-refractivity contribution in [2.45, 2.75) is 58.6 Å². The van der Waals surface area contributed by atoms with Gasteiger partial charge in [-0.05, 0) is 39.5 Å². The van der Waals surface area contributed by atoms with Crippen molar-refractivity contribution in [3.05, 3.63) is 12.7 Å². The third kappa shape index (κ3) is 5.31. The molecule has 2 N–H and O–H groups in total. The molecule has 0 rings (SSSR count). The summed E-state index contributed by atoms with van der Waals surface area (Å²) >= 11 is 0. The van der Waals surface area contributed by atoms with Crippen LogP contribution in [0.4, 0.5) is 0 Å². The zero-order valence-corrected chi connectivity index (χ0v) is 11.2. The van der Waals surface area contributed by atoms with E-state index in [1.165, 1.54) is 0 Å². The van der Waals surface area contributed by atoms with Gasteiger partial charge >= 0.3 is 5.97 Å². The molecule has 0 fully saturated rings. The summed E-state index contributed by atoms with van der Waals surface area (Å²) in [4.78, 5) is 12.0. The van der Waals surface area contributed by atoms with E-state index < -0.39 is 11.1 Å². The molecule has 3 nitrogen and oxygen atoms in total. The molecule has 3 heteroatoms. The summed E-state index contributed by atoms with van der Waals surface area (Å²) in [5, 5.41) is 0. The van der Waals surface area contributed by atoms with E-state index in [0.717, 1.165) is 0 Å². The average Bonchev–Trinajstić information content (AvgIpc) is 1.99. The van der Waals surface area contributed by atoms with Gasteiger partial charge in [-0.2, -0.15) is 0 Å². The molecule has 0 aliphatic heterocycles. The molecular weight excluding hydrogens is 202 g/mol. The van der Waals surface area contributed by atoms with Crippen LogP contribution in [0.5, 0.6) is 0 Å². The number of nitrogens with two attached hydrogens (primary N) is 1. The lowest BCUT2D eigenvalue weighted by atomic mass is 9.86. The van der Waals surface area contributed by atoms with Crippen molar-refractivity contribution in [3.8, 4) is 0 Å². The molecule has 0 aromatic rings.